The van der Waals surface area contributed by atoms with Crippen LogP contribution in [-0.2, 0) is 15.4 Å². The van der Waals surface area contributed by atoms with Crippen molar-refractivity contribution in [2.75, 3.05) is 0 Å². The molecule has 0 aliphatic carbocycles. The molecule has 4 aromatic rings. The molecule has 4 aromatic carbocycles. The molecule has 154 valence electrons. The molecule has 0 aromatic heterocycles. The first-order chi connectivity index (χ1) is 15.0. The second-order valence-electron chi connectivity index (χ2n) is 7.10. The van der Waals surface area contributed by atoms with Crippen LogP contribution in [0.25, 0.3) is 0 Å². The van der Waals surface area contributed by atoms with Crippen molar-refractivity contribution in [3.63, 3.8) is 0 Å². The van der Waals surface area contributed by atoms with Crippen molar-refractivity contribution in [3.05, 3.63) is 131 Å². The van der Waals surface area contributed by atoms with E-state index >= 15 is 0 Å². The van der Waals surface area contributed by atoms with Crippen LogP contribution in [-0.4, -0.2) is 19.8 Å². The molecule has 5 heteroatoms. The summed E-state index contributed by atoms with van der Waals surface area (Å²) in [6.45, 7) is 0. The highest BCUT2D eigenvalue weighted by atomic mass is 32.2. The molecule has 0 heterocycles. The van der Waals surface area contributed by atoms with E-state index < -0.39 is 15.4 Å². The topological polar surface area (TPSA) is 71.4 Å². The van der Waals surface area contributed by atoms with Crippen molar-refractivity contribution in [1.82, 2.24) is 0 Å². The summed E-state index contributed by atoms with van der Waals surface area (Å²) in [5.74, 6) is 0. The number of rotatable bonds is 6. The molecule has 4 nitrogen and oxygen atoms in total. The highest BCUT2D eigenvalue weighted by Crippen LogP contribution is 2.41. The van der Waals surface area contributed by atoms with Gasteiger partial charge >= 0.3 is 0 Å². The van der Waals surface area contributed by atoms with Crippen molar-refractivity contribution in [2.24, 2.45) is 0 Å². The van der Waals surface area contributed by atoms with Crippen molar-refractivity contribution in [3.8, 4) is 0 Å². The van der Waals surface area contributed by atoms with Gasteiger partial charge in [-0.05, 0) is 23.3 Å². The van der Waals surface area contributed by atoms with E-state index in [1.807, 2.05) is 12.1 Å². The third-order valence-electron chi connectivity index (χ3n) is 5.28. The van der Waals surface area contributed by atoms with Gasteiger partial charge in [0, 0.05) is 11.1 Å². The first-order valence-corrected chi connectivity index (χ1v) is 11.2. The number of sulfone groups is 1. The third kappa shape index (κ3) is 3.58. The number of aliphatic hydroxyl groups is 1. The van der Waals surface area contributed by atoms with E-state index in [1.54, 1.807) is 78.9 Å². The number of benzene rings is 4. The minimum atomic E-state index is -4.10. The van der Waals surface area contributed by atoms with Crippen LogP contribution in [0.1, 0.15) is 27.0 Å². The predicted octanol–water partition coefficient (Wildman–Crippen LogP) is 4.62. The summed E-state index contributed by atoms with van der Waals surface area (Å²) < 4.78 is 27.3. The molecule has 0 amide bonds. The SMILES string of the molecule is O=Cc1ccccc1S(=O)(=O)c1ccccc1C(O)(c1ccccc1)c1ccccc1. The molecule has 4 rings (SSSR count). The van der Waals surface area contributed by atoms with E-state index in [2.05, 4.69) is 0 Å². The Bertz CT molecular complexity index is 1270. The zero-order valence-corrected chi connectivity index (χ0v) is 17.4. The van der Waals surface area contributed by atoms with E-state index in [1.165, 1.54) is 18.2 Å². The molecule has 0 fully saturated rings. The molecule has 0 spiro atoms. The second kappa shape index (κ2) is 8.30. The van der Waals surface area contributed by atoms with Crippen molar-refractivity contribution in [1.29, 1.82) is 0 Å². The van der Waals surface area contributed by atoms with Gasteiger partial charge in [0.15, 0.2) is 6.29 Å². The van der Waals surface area contributed by atoms with Gasteiger partial charge in [0.05, 0.1) is 9.79 Å². The molecule has 0 atom stereocenters. The largest absolute Gasteiger partial charge is 0.376 e. The summed E-state index contributed by atoms with van der Waals surface area (Å²) in [5.41, 5.74) is -0.365. The quantitative estimate of drug-likeness (QED) is 0.359. The van der Waals surface area contributed by atoms with Gasteiger partial charge < -0.3 is 5.11 Å². The number of aldehydes is 1. The van der Waals surface area contributed by atoms with Gasteiger partial charge in [-0.25, -0.2) is 8.42 Å². The van der Waals surface area contributed by atoms with Crippen LogP contribution in [0.3, 0.4) is 0 Å². The fourth-order valence-electron chi connectivity index (χ4n) is 3.78. The Kier molecular flexibility index (Phi) is 5.55. The van der Waals surface area contributed by atoms with Crippen LogP contribution in [0.2, 0.25) is 0 Å². The highest BCUT2D eigenvalue weighted by molar-refractivity contribution is 7.91. The monoisotopic (exact) mass is 428 g/mol. The van der Waals surface area contributed by atoms with Crippen LogP contribution < -0.4 is 0 Å². The van der Waals surface area contributed by atoms with Crippen LogP contribution in [0, 0.1) is 0 Å². The minimum absolute atomic E-state index is 0.0560. The van der Waals surface area contributed by atoms with E-state index in [-0.39, 0.29) is 20.9 Å². The molecule has 0 aliphatic rings. The van der Waals surface area contributed by atoms with Crippen LogP contribution in [0.15, 0.2) is 119 Å². The average Bonchev–Trinajstić information content (AvgIpc) is 2.84. The Balaban J connectivity index is 2.04. The Hall–Kier alpha value is -3.54. The van der Waals surface area contributed by atoms with Crippen molar-refractivity contribution < 1.29 is 18.3 Å². The van der Waals surface area contributed by atoms with Crippen LogP contribution >= 0.6 is 0 Å². The summed E-state index contributed by atoms with van der Waals surface area (Å²) in [6, 6.07) is 30.3. The lowest BCUT2D eigenvalue weighted by Crippen LogP contribution is -2.31. The van der Waals surface area contributed by atoms with Gasteiger partial charge in [0.1, 0.15) is 5.60 Å². The number of hydrogen-bond acceptors (Lipinski definition) is 4. The number of carbonyl (C=O) groups excluding carboxylic acids is 1. The summed E-state index contributed by atoms with van der Waals surface area (Å²) >= 11 is 0. The lowest BCUT2D eigenvalue weighted by molar-refractivity contribution is 0.112. The molecule has 0 radical (unpaired) electrons. The van der Waals surface area contributed by atoms with E-state index in [9.17, 15) is 18.3 Å². The molecular weight excluding hydrogens is 408 g/mol. The van der Waals surface area contributed by atoms with E-state index in [0.29, 0.717) is 17.4 Å². The van der Waals surface area contributed by atoms with E-state index in [4.69, 9.17) is 0 Å². The molecule has 0 unspecified atom stereocenters. The van der Waals surface area contributed by atoms with Gasteiger partial charge in [-0.1, -0.05) is 97.1 Å². The maximum absolute atomic E-state index is 13.7. The second-order valence-corrected chi connectivity index (χ2v) is 8.98. The molecular formula is C26H20O4S. The molecule has 0 saturated carbocycles. The van der Waals surface area contributed by atoms with Crippen LogP contribution in [0.4, 0.5) is 0 Å². The lowest BCUT2D eigenvalue weighted by Gasteiger charge is -2.31. The van der Waals surface area contributed by atoms with Gasteiger partial charge in [0.2, 0.25) is 9.84 Å². The normalized spacial score (nSPS) is 11.8. The number of hydrogen-bond donors (Lipinski definition) is 1. The maximum Gasteiger partial charge on any atom is 0.207 e. The first-order valence-electron chi connectivity index (χ1n) is 9.72. The van der Waals surface area contributed by atoms with Crippen LogP contribution in [0.5, 0.6) is 0 Å². The smallest absolute Gasteiger partial charge is 0.207 e. The lowest BCUT2D eigenvalue weighted by atomic mass is 9.80. The summed E-state index contributed by atoms with van der Waals surface area (Å²) in [4.78, 5) is 11.4. The molecule has 31 heavy (non-hydrogen) atoms. The summed E-state index contributed by atoms with van der Waals surface area (Å²) in [7, 11) is -4.10. The van der Waals surface area contributed by atoms with Crippen molar-refractivity contribution in [2.45, 2.75) is 15.4 Å². The molecule has 1 N–H and O–H groups in total. The zero-order chi connectivity index (χ0) is 21.9. The number of carbonyl (C=O) groups is 1. The van der Waals surface area contributed by atoms with Gasteiger partial charge in [-0.3, -0.25) is 4.79 Å². The molecule has 0 bridgehead atoms. The fourth-order valence-corrected chi connectivity index (χ4v) is 5.46. The predicted molar refractivity (Wildman–Crippen MR) is 119 cm³/mol. The van der Waals surface area contributed by atoms with Gasteiger partial charge in [-0.15, -0.1) is 0 Å². The Morgan fingerprint density at radius 2 is 1.06 bits per heavy atom. The Morgan fingerprint density at radius 1 is 0.613 bits per heavy atom. The molecule has 0 saturated heterocycles. The van der Waals surface area contributed by atoms with Crippen molar-refractivity contribution >= 4 is 16.1 Å². The first kappa shape index (κ1) is 20.7. The standard InChI is InChI=1S/C26H20O4S/c27-19-20-11-7-9-17-24(20)31(29,30)25-18-10-8-16-23(25)26(28,21-12-3-1-4-13-21)22-14-5-2-6-15-22/h1-19,28H. The highest BCUT2D eigenvalue weighted by Gasteiger charge is 2.38. The average molecular weight is 429 g/mol. The Morgan fingerprint density at radius 3 is 1.61 bits per heavy atom. The van der Waals surface area contributed by atoms with E-state index in [0.717, 1.165) is 0 Å². The minimum Gasteiger partial charge on any atom is -0.376 e. The summed E-state index contributed by atoms with van der Waals surface area (Å²) in [6.07, 6.45) is 0.524. The summed E-state index contributed by atoms with van der Waals surface area (Å²) in [5, 5.41) is 12.1. The molecule has 0 aliphatic heterocycles. The Labute approximate surface area is 181 Å². The maximum atomic E-state index is 13.7. The van der Waals surface area contributed by atoms with Gasteiger partial charge in [0.25, 0.3) is 0 Å². The zero-order valence-electron chi connectivity index (χ0n) is 16.5. The van der Waals surface area contributed by atoms with Gasteiger partial charge in [-0.2, -0.15) is 0 Å². The fraction of sp³-hybridized carbons (Fsp3) is 0.0385. The third-order valence-corrected chi connectivity index (χ3v) is 7.17.